The zero-order chi connectivity index (χ0) is 18.1. The van der Waals surface area contributed by atoms with E-state index < -0.39 is 0 Å². The summed E-state index contributed by atoms with van der Waals surface area (Å²) >= 11 is 1.76. The summed E-state index contributed by atoms with van der Waals surface area (Å²) in [6, 6.07) is 6.11. The minimum absolute atomic E-state index is 0.112. The normalized spacial score (nSPS) is 19.3. The zero-order valence-corrected chi connectivity index (χ0v) is 16.2. The van der Waals surface area contributed by atoms with Crippen LogP contribution in [0.15, 0.2) is 23.6 Å². The fraction of sp³-hybridized carbons (Fsp3) is 0.476. The number of likely N-dealkylation sites (tertiary alicyclic amines) is 1. The molecule has 0 unspecified atom stereocenters. The highest BCUT2D eigenvalue weighted by molar-refractivity contribution is 7.10. The number of benzene rings is 1. The van der Waals surface area contributed by atoms with Gasteiger partial charge < -0.3 is 14.4 Å². The van der Waals surface area contributed by atoms with Gasteiger partial charge in [0.2, 0.25) is 0 Å². The molecule has 26 heavy (non-hydrogen) atoms. The van der Waals surface area contributed by atoms with E-state index in [1.54, 1.807) is 25.6 Å². The second kappa shape index (κ2) is 7.31. The molecule has 4 rings (SSSR count). The summed E-state index contributed by atoms with van der Waals surface area (Å²) in [6.45, 7) is 0.822. The van der Waals surface area contributed by atoms with Crippen molar-refractivity contribution in [1.29, 1.82) is 0 Å². The van der Waals surface area contributed by atoms with E-state index in [1.165, 1.54) is 23.3 Å². The Morgan fingerprint density at radius 1 is 1.12 bits per heavy atom. The number of amides is 1. The van der Waals surface area contributed by atoms with E-state index in [1.807, 2.05) is 12.1 Å². The fourth-order valence-corrected chi connectivity index (χ4v) is 5.36. The summed E-state index contributed by atoms with van der Waals surface area (Å²) in [5.74, 6) is 1.64. The fourth-order valence-electron chi connectivity index (χ4n) is 4.24. The molecule has 0 spiro atoms. The Hall–Kier alpha value is -2.01. The third-order valence-corrected chi connectivity index (χ3v) is 6.69. The van der Waals surface area contributed by atoms with Gasteiger partial charge in [0.1, 0.15) is 0 Å². The summed E-state index contributed by atoms with van der Waals surface area (Å²) in [4.78, 5) is 16.8. The molecule has 2 aromatic rings. The second-order valence-corrected chi connectivity index (χ2v) is 7.99. The average molecular weight is 372 g/mol. The zero-order valence-electron chi connectivity index (χ0n) is 15.4. The molecule has 1 aromatic heterocycles. The number of hydrogen-bond donors (Lipinski definition) is 0. The van der Waals surface area contributed by atoms with E-state index >= 15 is 0 Å². The highest BCUT2D eigenvalue weighted by Gasteiger charge is 2.33. The van der Waals surface area contributed by atoms with Gasteiger partial charge in [-0.3, -0.25) is 4.79 Å². The SMILES string of the molecule is COc1ccc([C@@H]2CCCN2C(=O)c2csc3c2CCCC3)cc1OC. The van der Waals surface area contributed by atoms with Crippen molar-refractivity contribution in [3.63, 3.8) is 0 Å². The van der Waals surface area contributed by atoms with Crippen LogP contribution in [0.3, 0.4) is 0 Å². The first-order chi connectivity index (χ1) is 12.7. The number of thiophene rings is 1. The lowest BCUT2D eigenvalue weighted by molar-refractivity contribution is 0.0734. The number of fused-ring (bicyclic) bond motifs is 1. The summed E-state index contributed by atoms with van der Waals surface area (Å²) in [6.07, 6.45) is 6.66. The van der Waals surface area contributed by atoms with E-state index in [9.17, 15) is 4.79 Å². The molecule has 138 valence electrons. The maximum atomic E-state index is 13.3. The standard InChI is InChI=1S/C21H25NO3S/c1-24-18-10-9-14(12-19(18)25-2)17-7-5-11-22(17)21(23)16-13-26-20-8-4-3-6-15(16)20/h9-10,12-13,17H,3-8,11H2,1-2H3/t17-/m0/s1. The van der Waals surface area contributed by atoms with Gasteiger partial charge in [0.05, 0.1) is 25.8 Å². The Morgan fingerprint density at radius 3 is 2.73 bits per heavy atom. The van der Waals surface area contributed by atoms with Gasteiger partial charge in [-0.1, -0.05) is 6.07 Å². The molecule has 2 heterocycles. The number of carbonyl (C=O) groups excluding carboxylic acids is 1. The van der Waals surface area contributed by atoms with Crippen molar-refractivity contribution in [2.45, 2.75) is 44.6 Å². The number of rotatable bonds is 4. The Kier molecular flexibility index (Phi) is 4.90. The number of hydrogen-bond acceptors (Lipinski definition) is 4. The van der Waals surface area contributed by atoms with Crippen LogP contribution in [0.5, 0.6) is 11.5 Å². The van der Waals surface area contributed by atoms with E-state index in [-0.39, 0.29) is 11.9 Å². The molecular formula is C21H25NO3S. The molecule has 2 aliphatic rings. The molecule has 1 aliphatic carbocycles. The summed E-state index contributed by atoms with van der Waals surface area (Å²) < 4.78 is 10.8. The Labute approximate surface area is 158 Å². The first-order valence-corrected chi connectivity index (χ1v) is 10.2. The molecule has 1 saturated heterocycles. The van der Waals surface area contributed by atoms with E-state index in [0.717, 1.165) is 54.9 Å². The number of carbonyl (C=O) groups is 1. The lowest BCUT2D eigenvalue weighted by Gasteiger charge is -2.26. The number of methoxy groups -OCH3 is 2. The molecule has 1 amide bonds. The third-order valence-electron chi connectivity index (χ3n) is 5.60. The van der Waals surface area contributed by atoms with Crippen molar-refractivity contribution >= 4 is 17.2 Å². The predicted molar refractivity (Wildman–Crippen MR) is 104 cm³/mol. The van der Waals surface area contributed by atoms with Gasteiger partial charge in [0, 0.05) is 16.8 Å². The molecule has 1 aromatic carbocycles. The molecule has 0 radical (unpaired) electrons. The van der Waals surface area contributed by atoms with Crippen LogP contribution in [0, 0.1) is 0 Å². The number of nitrogens with zero attached hydrogens (tertiary/aromatic N) is 1. The minimum atomic E-state index is 0.112. The van der Waals surface area contributed by atoms with Gasteiger partial charge in [-0.2, -0.15) is 0 Å². The van der Waals surface area contributed by atoms with E-state index in [0.29, 0.717) is 0 Å². The molecule has 0 bridgehead atoms. The lowest BCUT2D eigenvalue weighted by atomic mass is 9.95. The van der Waals surface area contributed by atoms with Crippen LogP contribution < -0.4 is 9.47 Å². The van der Waals surface area contributed by atoms with Crippen LogP contribution in [0.4, 0.5) is 0 Å². The van der Waals surface area contributed by atoms with Crippen LogP contribution in [0.2, 0.25) is 0 Å². The Bertz CT molecular complexity index is 814. The molecular weight excluding hydrogens is 346 g/mol. The maximum Gasteiger partial charge on any atom is 0.255 e. The van der Waals surface area contributed by atoms with Crippen molar-refractivity contribution < 1.29 is 14.3 Å². The summed E-state index contributed by atoms with van der Waals surface area (Å²) in [5.41, 5.74) is 3.37. The topological polar surface area (TPSA) is 38.8 Å². The summed E-state index contributed by atoms with van der Waals surface area (Å²) in [5, 5.41) is 2.09. The maximum absolute atomic E-state index is 13.3. The average Bonchev–Trinajstić information content (AvgIpc) is 3.34. The van der Waals surface area contributed by atoms with Crippen molar-refractivity contribution in [1.82, 2.24) is 4.90 Å². The van der Waals surface area contributed by atoms with Gasteiger partial charge in [0.15, 0.2) is 11.5 Å². The smallest absolute Gasteiger partial charge is 0.255 e. The highest BCUT2D eigenvalue weighted by atomic mass is 32.1. The molecule has 1 atom stereocenters. The van der Waals surface area contributed by atoms with Gasteiger partial charge >= 0.3 is 0 Å². The molecule has 5 heteroatoms. The molecule has 0 N–H and O–H groups in total. The first kappa shape index (κ1) is 17.4. The largest absolute Gasteiger partial charge is 0.493 e. The Morgan fingerprint density at radius 2 is 1.92 bits per heavy atom. The second-order valence-electron chi connectivity index (χ2n) is 7.03. The molecule has 1 aliphatic heterocycles. The van der Waals surface area contributed by atoms with Crippen molar-refractivity contribution in [3.8, 4) is 11.5 Å². The van der Waals surface area contributed by atoms with E-state index in [4.69, 9.17) is 9.47 Å². The van der Waals surface area contributed by atoms with Gasteiger partial charge in [-0.05, 0) is 61.8 Å². The van der Waals surface area contributed by atoms with Gasteiger partial charge in [0.25, 0.3) is 5.91 Å². The van der Waals surface area contributed by atoms with Crippen molar-refractivity contribution in [2.75, 3.05) is 20.8 Å². The van der Waals surface area contributed by atoms with Crippen LogP contribution in [0.25, 0.3) is 0 Å². The summed E-state index contributed by atoms with van der Waals surface area (Å²) in [7, 11) is 3.29. The monoisotopic (exact) mass is 371 g/mol. The van der Waals surface area contributed by atoms with Gasteiger partial charge in [-0.15, -0.1) is 11.3 Å². The van der Waals surface area contributed by atoms with Crippen LogP contribution in [0.1, 0.15) is 58.1 Å². The van der Waals surface area contributed by atoms with Gasteiger partial charge in [-0.25, -0.2) is 0 Å². The van der Waals surface area contributed by atoms with Crippen LogP contribution in [-0.4, -0.2) is 31.6 Å². The third kappa shape index (κ3) is 2.98. The molecule has 1 fully saturated rings. The number of aryl methyl sites for hydroxylation is 1. The van der Waals surface area contributed by atoms with E-state index in [2.05, 4.69) is 16.3 Å². The molecule has 0 saturated carbocycles. The highest BCUT2D eigenvalue weighted by Crippen LogP contribution is 2.39. The van der Waals surface area contributed by atoms with Crippen LogP contribution in [-0.2, 0) is 12.8 Å². The van der Waals surface area contributed by atoms with Crippen molar-refractivity contribution in [3.05, 3.63) is 45.1 Å². The molecule has 4 nitrogen and oxygen atoms in total. The van der Waals surface area contributed by atoms with Crippen LogP contribution >= 0.6 is 11.3 Å². The quantitative estimate of drug-likeness (QED) is 0.787. The first-order valence-electron chi connectivity index (χ1n) is 9.35. The lowest BCUT2D eigenvalue weighted by Crippen LogP contribution is -2.31. The Balaban J connectivity index is 1.62. The predicted octanol–water partition coefficient (Wildman–Crippen LogP) is 4.62. The van der Waals surface area contributed by atoms with Crippen molar-refractivity contribution in [2.24, 2.45) is 0 Å². The number of ether oxygens (including phenoxy) is 2. The minimum Gasteiger partial charge on any atom is -0.493 e.